The molecule has 0 unspecified atom stereocenters. The molecule has 0 heterocycles. The zero-order chi connectivity index (χ0) is 16.9. The zero-order valence-corrected chi connectivity index (χ0v) is 14.7. The highest BCUT2D eigenvalue weighted by Crippen LogP contribution is 2.19. The Labute approximate surface area is 133 Å². The number of nitrogens with one attached hydrogen (secondary N) is 1. The summed E-state index contributed by atoms with van der Waals surface area (Å²) in [6.45, 7) is 3.16. The standard InChI is InChI=1S/C15H25N3O3S/c1-12-7-8-13(11-14(12)22(20,21)18(4)5)15(19)16-9-6-10-17(2)3/h7-8,11H,6,9-10H2,1-5H3,(H,16,19). The van der Waals surface area contributed by atoms with Crippen molar-refractivity contribution in [2.75, 3.05) is 41.3 Å². The van der Waals surface area contributed by atoms with Crippen LogP contribution in [0.3, 0.4) is 0 Å². The van der Waals surface area contributed by atoms with Crippen molar-refractivity contribution in [3.8, 4) is 0 Å². The molecule has 22 heavy (non-hydrogen) atoms. The molecule has 6 nitrogen and oxygen atoms in total. The monoisotopic (exact) mass is 327 g/mol. The molecule has 0 aliphatic heterocycles. The predicted molar refractivity (Wildman–Crippen MR) is 87.6 cm³/mol. The molecule has 0 atom stereocenters. The van der Waals surface area contributed by atoms with E-state index in [1.165, 1.54) is 20.2 Å². The second-order valence-corrected chi connectivity index (χ2v) is 7.80. The van der Waals surface area contributed by atoms with E-state index in [0.29, 0.717) is 17.7 Å². The van der Waals surface area contributed by atoms with Crippen LogP contribution in [0.15, 0.2) is 23.1 Å². The normalized spacial score (nSPS) is 12.0. The fraction of sp³-hybridized carbons (Fsp3) is 0.533. The lowest BCUT2D eigenvalue weighted by molar-refractivity contribution is 0.0952. The maximum Gasteiger partial charge on any atom is 0.251 e. The van der Waals surface area contributed by atoms with E-state index in [-0.39, 0.29) is 10.8 Å². The summed E-state index contributed by atoms with van der Waals surface area (Å²) in [6.07, 6.45) is 0.841. The third-order valence-electron chi connectivity index (χ3n) is 3.28. The van der Waals surface area contributed by atoms with Gasteiger partial charge >= 0.3 is 0 Å². The number of nitrogens with zero attached hydrogens (tertiary/aromatic N) is 2. The SMILES string of the molecule is Cc1ccc(C(=O)NCCCN(C)C)cc1S(=O)(=O)N(C)C. The van der Waals surface area contributed by atoms with Crippen molar-refractivity contribution in [2.45, 2.75) is 18.2 Å². The van der Waals surface area contributed by atoms with Gasteiger partial charge < -0.3 is 10.2 Å². The summed E-state index contributed by atoms with van der Waals surface area (Å²) in [5.41, 5.74) is 0.980. The summed E-state index contributed by atoms with van der Waals surface area (Å²) in [7, 11) is 3.34. The van der Waals surface area contributed by atoms with Crippen LogP contribution in [0.5, 0.6) is 0 Å². The summed E-state index contributed by atoms with van der Waals surface area (Å²) in [5.74, 6) is -0.256. The van der Waals surface area contributed by atoms with Crippen LogP contribution < -0.4 is 5.32 Å². The zero-order valence-electron chi connectivity index (χ0n) is 13.9. The highest BCUT2D eigenvalue weighted by Gasteiger charge is 2.21. The Morgan fingerprint density at radius 2 is 1.82 bits per heavy atom. The number of rotatable bonds is 7. The minimum Gasteiger partial charge on any atom is -0.352 e. The second kappa shape index (κ2) is 7.71. The van der Waals surface area contributed by atoms with Gasteiger partial charge in [0.2, 0.25) is 10.0 Å². The lowest BCUT2D eigenvalue weighted by Crippen LogP contribution is -2.28. The van der Waals surface area contributed by atoms with Gasteiger partial charge in [-0.15, -0.1) is 0 Å². The van der Waals surface area contributed by atoms with E-state index >= 15 is 0 Å². The first-order valence-electron chi connectivity index (χ1n) is 7.12. The summed E-state index contributed by atoms with van der Waals surface area (Å²) in [4.78, 5) is 14.3. The molecule has 1 amide bonds. The van der Waals surface area contributed by atoms with Crippen molar-refractivity contribution in [2.24, 2.45) is 0 Å². The second-order valence-electron chi connectivity index (χ2n) is 5.68. The number of hydrogen-bond donors (Lipinski definition) is 1. The quantitative estimate of drug-likeness (QED) is 0.756. The summed E-state index contributed by atoms with van der Waals surface area (Å²) in [5, 5.41) is 2.81. The molecule has 7 heteroatoms. The molecule has 0 aromatic heterocycles. The molecule has 0 spiro atoms. The van der Waals surface area contributed by atoms with Crippen LogP contribution in [0.25, 0.3) is 0 Å². The van der Waals surface area contributed by atoms with E-state index in [2.05, 4.69) is 5.32 Å². The smallest absolute Gasteiger partial charge is 0.251 e. The van der Waals surface area contributed by atoms with Crippen LogP contribution in [0.1, 0.15) is 22.3 Å². The Balaban J connectivity index is 2.87. The van der Waals surface area contributed by atoms with E-state index < -0.39 is 10.0 Å². The van der Waals surface area contributed by atoms with Gasteiger partial charge in [-0.25, -0.2) is 12.7 Å². The molecule has 0 radical (unpaired) electrons. The fourth-order valence-corrected chi connectivity index (χ4v) is 3.06. The van der Waals surface area contributed by atoms with Crippen LogP contribution in [0.2, 0.25) is 0 Å². The summed E-state index contributed by atoms with van der Waals surface area (Å²) < 4.78 is 25.7. The number of amides is 1. The van der Waals surface area contributed by atoms with Crippen LogP contribution in [0.4, 0.5) is 0 Å². The average Bonchev–Trinajstić information content (AvgIpc) is 2.43. The molecule has 1 aromatic carbocycles. The molecular formula is C15H25N3O3S. The van der Waals surface area contributed by atoms with Crippen molar-refractivity contribution in [1.29, 1.82) is 0 Å². The molecular weight excluding hydrogens is 302 g/mol. The Kier molecular flexibility index (Phi) is 6.52. The van der Waals surface area contributed by atoms with E-state index in [4.69, 9.17) is 0 Å². The van der Waals surface area contributed by atoms with Crippen molar-refractivity contribution in [3.05, 3.63) is 29.3 Å². The molecule has 1 rings (SSSR count). The number of carbonyl (C=O) groups is 1. The lowest BCUT2D eigenvalue weighted by Gasteiger charge is -2.15. The largest absolute Gasteiger partial charge is 0.352 e. The van der Waals surface area contributed by atoms with Crippen LogP contribution in [0, 0.1) is 6.92 Å². The van der Waals surface area contributed by atoms with Crippen molar-refractivity contribution in [3.63, 3.8) is 0 Å². The molecule has 0 aliphatic rings. The van der Waals surface area contributed by atoms with Crippen LogP contribution in [-0.2, 0) is 10.0 Å². The Morgan fingerprint density at radius 3 is 2.36 bits per heavy atom. The van der Waals surface area contributed by atoms with Crippen LogP contribution in [-0.4, -0.2) is 64.8 Å². The summed E-state index contributed by atoms with van der Waals surface area (Å²) in [6, 6.07) is 4.74. The van der Waals surface area contributed by atoms with Gasteiger partial charge in [0, 0.05) is 26.2 Å². The number of hydrogen-bond acceptors (Lipinski definition) is 4. The summed E-state index contributed by atoms with van der Waals surface area (Å²) >= 11 is 0. The van der Waals surface area contributed by atoms with Gasteiger partial charge in [0.25, 0.3) is 5.91 Å². The Bertz CT molecular complexity index is 625. The molecule has 0 saturated carbocycles. The number of aryl methyl sites for hydroxylation is 1. The Morgan fingerprint density at radius 1 is 1.18 bits per heavy atom. The van der Waals surface area contributed by atoms with Gasteiger partial charge in [0.05, 0.1) is 4.90 Å². The number of benzene rings is 1. The minimum absolute atomic E-state index is 0.165. The van der Waals surface area contributed by atoms with Gasteiger partial charge in [-0.1, -0.05) is 6.07 Å². The van der Waals surface area contributed by atoms with Gasteiger partial charge in [0.1, 0.15) is 0 Å². The minimum atomic E-state index is -3.55. The molecule has 124 valence electrons. The Hall–Kier alpha value is -1.44. The van der Waals surface area contributed by atoms with Gasteiger partial charge in [-0.2, -0.15) is 0 Å². The maximum absolute atomic E-state index is 12.3. The first-order valence-corrected chi connectivity index (χ1v) is 8.56. The molecule has 0 saturated heterocycles. The molecule has 0 fully saturated rings. The molecule has 1 aromatic rings. The van der Waals surface area contributed by atoms with Crippen LogP contribution >= 0.6 is 0 Å². The lowest BCUT2D eigenvalue weighted by atomic mass is 10.1. The van der Waals surface area contributed by atoms with Crippen molar-refractivity contribution in [1.82, 2.24) is 14.5 Å². The topological polar surface area (TPSA) is 69.7 Å². The fourth-order valence-electron chi connectivity index (χ4n) is 1.92. The van der Waals surface area contributed by atoms with Gasteiger partial charge in [0.15, 0.2) is 0 Å². The maximum atomic E-state index is 12.3. The molecule has 1 N–H and O–H groups in total. The van der Waals surface area contributed by atoms with Crippen molar-refractivity contribution >= 4 is 15.9 Å². The average molecular weight is 327 g/mol. The predicted octanol–water partition coefficient (Wildman–Crippen LogP) is 0.927. The highest BCUT2D eigenvalue weighted by molar-refractivity contribution is 7.89. The first-order chi connectivity index (χ1) is 10.2. The highest BCUT2D eigenvalue weighted by atomic mass is 32.2. The van der Waals surface area contributed by atoms with E-state index in [1.807, 2.05) is 19.0 Å². The van der Waals surface area contributed by atoms with E-state index in [1.54, 1.807) is 19.1 Å². The van der Waals surface area contributed by atoms with Gasteiger partial charge in [-0.05, 0) is 51.7 Å². The third kappa shape index (κ3) is 4.79. The number of sulfonamides is 1. The van der Waals surface area contributed by atoms with Gasteiger partial charge in [-0.3, -0.25) is 4.79 Å². The van der Waals surface area contributed by atoms with E-state index in [0.717, 1.165) is 17.3 Å². The van der Waals surface area contributed by atoms with Crippen molar-refractivity contribution < 1.29 is 13.2 Å². The molecule has 0 aliphatic carbocycles. The number of carbonyl (C=O) groups excluding carboxylic acids is 1. The third-order valence-corrected chi connectivity index (χ3v) is 5.23. The van der Waals surface area contributed by atoms with E-state index in [9.17, 15) is 13.2 Å². The first kappa shape index (κ1) is 18.6. The molecule has 0 bridgehead atoms.